The molecule has 1 saturated heterocycles. The summed E-state index contributed by atoms with van der Waals surface area (Å²) in [5.74, 6) is -2.08. The molecule has 0 bridgehead atoms. The molecule has 0 saturated carbocycles. The molecule has 0 radical (unpaired) electrons. The van der Waals surface area contributed by atoms with E-state index in [0.717, 1.165) is 35.0 Å². The Kier molecular flexibility index (Phi) is 5.78. The molecule has 164 valence electrons. The summed E-state index contributed by atoms with van der Waals surface area (Å²) in [5, 5.41) is 3.21. The van der Waals surface area contributed by atoms with Gasteiger partial charge in [-0.15, -0.1) is 0 Å². The number of rotatable bonds is 4. The molecule has 2 unspecified atom stereocenters. The predicted molar refractivity (Wildman–Crippen MR) is 120 cm³/mol. The van der Waals surface area contributed by atoms with Gasteiger partial charge in [0.15, 0.2) is 15.0 Å². The number of amides is 1. The van der Waals surface area contributed by atoms with Crippen LogP contribution in [0.4, 0.5) is 20.2 Å². The minimum Gasteiger partial charge on any atom is -0.325 e. The maximum atomic E-state index is 14.5. The van der Waals surface area contributed by atoms with E-state index in [1.807, 2.05) is 32.0 Å². The monoisotopic (exact) mass is 465 g/mol. The molecule has 1 N–H and O–H groups in total. The lowest BCUT2D eigenvalue weighted by Crippen LogP contribution is -2.40. The Morgan fingerprint density at radius 1 is 1.23 bits per heavy atom. The zero-order valence-corrected chi connectivity index (χ0v) is 18.6. The van der Waals surface area contributed by atoms with E-state index in [1.54, 1.807) is 0 Å². The molecule has 10 heteroatoms. The Hall–Kier alpha value is -2.46. The van der Waals surface area contributed by atoms with Gasteiger partial charge in [-0.2, -0.15) is 0 Å². The smallest absolute Gasteiger partial charge is 0.234 e. The largest absolute Gasteiger partial charge is 0.325 e. The second kappa shape index (κ2) is 8.23. The minimum absolute atomic E-state index is 0.0116. The van der Waals surface area contributed by atoms with Crippen LogP contribution in [-0.4, -0.2) is 48.8 Å². The topological polar surface area (TPSA) is 78.8 Å². The Morgan fingerprint density at radius 3 is 2.74 bits per heavy atom. The molecule has 2 aliphatic rings. The summed E-state index contributed by atoms with van der Waals surface area (Å²) in [5.41, 5.74) is 2.78. The van der Waals surface area contributed by atoms with Gasteiger partial charge in [-0.25, -0.2) is 17.2 Å². The lowest BCUT2D eigenvalue weighted by molar-refractivity contribution is -0.113. The number of anilines is 2. The van der Waals surface area contributed by atoms with Crippen LogP contribution in [0.15, 0.2) is 41.4 Å². The van der Waals surface area contributed by atoms with Gasteiger partial charge < -0.3 is 10.2 Å². The Balaban J connectivity index is 1.54. The molecule has 2 heterocycles. The van der Waals surface area contributed by atoms with E-state index in [9.17, 15) is 22.0 Å². The van der Waals surface area contributed by atoms with Crippen LogP contribution in [0.1, 0.15) is 11.1 Å². The molecular formula is C21H21F2N3O3S2. The van der Waals surface area contributed by atoms with E-state index < -0.39 is 33.6 Å². The summed E-state index contributed by atoms with van der Waals surface area (Å²) in [6, 6.07) is 7.64. The Labute approximate surface area is 183 Å². The second-order valence-corrected chi connectivity index (χ2v) is 10.8. The number of benzene rings is 2. The molecule has 31 heavy (non-hydrogen) atoms. The first-order valence-corrected chi connectivity index (χ1v) is 12.5. The Bertz CT molecular complexity index is 1180. The van der Waals surface area contributed by atoms with Crippen molar-refractivity contribution in [2.45, 2.75) is 25.9 Å². The van der Waals surface area contributed by atoms with E-state index in [4.69, 9.17) is 0 Å². The molecule has 4 rings (SSSR count). The summed E-state index contributed by atoms with van der Waals surface area (Å²) in [6.07, 6.45) is 0. The zero-order chi connectivity index (χ0) is 22.3. The molecule has 2 aliphatic heterocycles. The second-order valence-electron chi connectivity index (χ2n) is 7.67. The van der Waals surface area contributed by atoms with Gasteiger partial charge in [-0.1, -0.05) is 23.9 Å². The van der Waals surface area contributed by atoms with Crippen LogP contribution in [0.25, 0.3) is 0 Å². The number of nitrogens with one attached hydrogen (secondary N) is 1. The van der Waals surface area contributed by atoms with E-state index in [0.29, 0.717) is 10.9 Å². The molecule has 2 aromatic carbocycles. The fourth-order valence-electron chi connectivity index (χ4n) is 3.79. The highest BCUT2D eigenvalue weighted by molar-refractivity contribution is 8.14. The summed E-state index contributed by atoms with van der Waals surface area (Å²) in [6.45, 7) is 3.87. The van der Waals surface area contributed by atoms with Gasteiger partial charge in [0.25, 0.3) is 0 Å². The number of nitrogens with zero attached hydrogens (tertiary/aromatic N) is 2. The quantitative estimate of drug-likeness (QED) is 0.750. The number of fused-ring (bicyclic) bond motifs is 1. The number of thioether (sulfide) groups is 1. The number of carbonyl (C=O) groups excluding carboxylic acids is 1. The summed E-state index contributed by atoms with van der Waals surface area (Å²) >= 11 is 1.10. The molecule has 6 nitrogen and oxygen atoms in total. The van der Waals surface area contributed by atoms with Gasteiger partial charge in [-0.05, 0) is 43.2 Å². The molecule has 0 aliphatic carbocycles. The first kappa shape index (κ1) is 21.8. The van der Waals surface area contributed by atoms with Crippen molar-refractivity contribution in [3.05, 3.63) is 59.2 Å². The number of sulfone groups is 1. The number of carbonyl (C=O) groups is 1. The SMILES string of the molecule is Cc1cccc(NC(=O)CSC2=NC3CS(=O)(=O)CC3N2c2ccc(F)cc2F)c1C. The van der Waals surface area contributed by atoms with Gasteiger partial charge in [-0.3, -0.25) is 9.79 Å². The molecule has 1 amide bonds. The number of halogens is 2. The summed E-state index contributed by atoms with van der Waals surface area (Å²) < 4.78 is 52.1. The number of aryl methyl sites for hydroxylation is 1. The third kappa shape index (κ3) is 4.45. The van der Waals surface area contributed by atoms with Crippen LogP contribution >= 0.6 is 11.8 Å². The van der Waals surface area contributed by atoms with Gasteiger partial charge in [0.05, 0.1) is 35.0 Å². The number of hydrogen-bond donors (Lipinski definition) is 1. The summed E-state index contributed by atoms with van der Waals surface area (Å²) in [7, 11) is -3.31. The lowest BCUT2D eigenvalue weighted by atomic mass is 10.1. The van der Waals surface area contributed by atoms with Crippen molar-refractivity contribution in [2.75, 3.05) is 27.5 Å². The first-order valence-electron chi connectivity index (χ1n) is 9.66. The van der Waals surface area contributed by atoms with Crippen molar-refractivity contribution in [1.29, 1.82) is 0 Å². The standard InChI is InChI=1S/C21H21F2N3O3S2/c1-12-4-3-5-16(13(12)2)24-20(27)9-30-21-25-17-10-31(28,29)11-19(17)26(21)18-7-6-14(22)8-15(18)23/h3-8,17,19H,9-11H2,1-2H3,(H,24,27). The average molecular weight is 466 g/mol. The zero-order valence-electron chi connectivity index (χ0n) is 16.9. The van der Waals surface area contributed by atoms with Crippen molar-refractivity contribution < 1.29 is 22.0 Å². The fraction of sp³-hybridized carbons (Fsp3) is 0.333. The van der Waals surface area contributed by atoms with Gasteiger partial charge in [0.2, 0.25) is 5.91 Å². The summed E-state index contributed by atoms with van der Waals surface area (Å²) in [4.78, 5) is 18.5. The third-order valence-electron chi connectivity index (χ3n) is 5.49. The highest BCUT2D eigenvalue weighted by atomic mass is 32.2. The first-order chi connectivity index (χ1) is 14.6. The highest BCUT2D eigenvalue weighted by Gasteiger charge is 2.47. The number of hydrogen-bond acceptors (Lipinski definition) is 6. The Morgan fingerprint density at radius 2 is 2.00 bits per heavy atom. The van der Waals surface area contributed by atoms with Gasteiger partial charge in [0, 0.05) is 11.8 Å². The van der Waals surface area contributed by atoms with Crippen molar-refractivity contribution in [3.8, 4) is 0 Å². The van der Waals surface area contributed by atoms with E-state index >= 15 is 0 Å². The molecule has 2 atom stereocenters. The molecule has 0 aromatic heterocycles. The van der Waals surface area contributed by atoms with Crippen LogP contribution < -0.4 is 10.2 Å². The van der Waals surface area contributed by atoms with Crippen molar-refractivity contribution in [1.82, 2.24) is 0 Å². The van der Waals surface area contributed by atoms with Gasteiger partial charge in [0.1, 0.15) is 11.6 Å². The van der Waals surface area contributed by atoms with Crippen molar-refractivity contribution in [3.63, 3.8) is 0 Å². The fourth-order valence-corrected chi connectivity index (χ4v) is 6.55. The normalized spacial score (nSPS) is 21.7. The number of aliphatic imine (C=N–C) groups is 1. The van der Waals surface area contributed by atoms with Gasteiger partial charge >= 0.3 is 0 Å². The minimum atomic E-state index is -3.31. The average Bonchev–Trinajstić information content (AvgIpc) is 3.15. The van der Waals surface area contributed by atoms with Crippen molar-refractivity contribution in [2.24, 2.45) is 4.99 Å². The molecule has 0 spiro atoms. The maximum absolute atomic E-state index is 14.5. The van der Waals surface area contributed by atoms with Crippen LogP contribution in [-0.2, 0) is 14.6 Å². The molecule has 1 fully saturated rings. The van der Waals surface area contributed by atoms with Crippen LogP contribution in [0.5, 0.6) is 0 Å². The third-order valence-corrected chi connectivity index (χ3v) is 8.15. The number of amidine groups is 1. The van der Waals surface area contributed by atoms with Crippen LogP contribution in [0.3, 0.4) is 0 Å². The van der Waals surface area contributed by atoms with Crippen molar-refractivity contribution >= 4 is 44.0 Å². The predicted octanol–water partition coefficient (Wildman–Crippen LogP) is 3.30. The van der Waals surface area contributed by atoms with E-state index in [2.05, 4.69) is 10.3 Å². The molecular weight excluding hydrogens is 444 g/mol. The highest BCUT2D eigenvalue weighted by Crippen LogP contribution is 2.36. The van der Waals surface area contributed by atoms with E-state index in [-0.39, 0.29) is 28.9 Å². The van der Waals surface area contributed by atoms with E-state index in [1.165, 1.54) is 11.0 Å². The molecule has 2 aromatic rings. The lowest BCUT2D eigenvalue weighted by Gasteiger charge is -2.26. The van der Waals surface area contributed by atoms with Crippen LogP contribution in [0.2, 0.25) is 0 Å². The van der Waals surface area contributed by atoms with Crippen LogP contribution in [0, 0.1) is 25.5 Å². The maximum Gasteiger partial charge on any atom is 0.234 e.